The van der Waals surface area contributed by atoms with E-state index >= 15 is 0 Å². The molecule has 0 spiro atoms. The van der Waals surface area contributed by atoms with Gasteiger partial charge in [-0.05, 0) is 24.3 Å². The molecule has 0 atom stereocenters. The number of para-hydroxylation sites is 1. The van der Waals surface area contributed by atoms with E-state index in [1.165, 1.54) is 6.07 Å². The van der Waals surface area contributed by atoms with Gasteiger partial charge in [0.15, 0.2) is 0 Å². The number of nitrogens with zero attached hydrogens (tertiary/aromatic N) is 1. The Hall–Kier alpha value is -2.43. The van der Waals surface area contributed by atoms with Gasteiger partial charge in [-0.3, -0.25) is 0 Å². The van der Waals surface area contributed by atoms with Crippen LogP contribution in [0, 0.1) is 5.95 Å². The minimum absolute atomic E-state index is 0.116. The van der Waals surface area contributed by atoms with Crippen molar-refractivity contribution in [1.29, 1.82) is 0 Å². The minimum atomic E-state index is -0.635. The van der Waals surface area contributed by atoms with E-state index in [1.807, 2.05) is 30.3 Å². The number of benzene rings is 1. The van der Waals surface area contributed by atoms with Gasteiger partial charge in [-0.15, -0.1) is 0 Å². The molecule has 1 aromatic heterocycles. The molecule has 4 nitrogen and oxygen atoms in total. The van der Waals surface area contributed by atoms with E-state index in [1.54, 1.807) is 0 Å². The minimum Gasteiger partial charge on any atom is -0.490 e. The first kappa shape index (κ1) is 13.0. The lowest BCUT2D eigenvalue weighted by atomic mass is 10.3. The third kappa shape index (κ3) is 4.06. The zero-order chi connectivity index (χ0) is 13.5. The molecule has 5 heteroatoms. The summed E-state index contributed by atoms with van der Waals surface area (Å²) in [7, 11) is 0. The molecule has 0 radical (unpaired) electrons. The average molecular weight is 261 g/mol. The number of aromatic nitrogens is 1. The van der Waals surface area contributed by atoms with Crippen LogP contribution in [0.5, 0.6) is 5.75 Å². The van der Waals surface area contributed by atoms with Crippen LogP contribution in [-0.2, 0) is 4.74 Å². The van der Waals surface area contributed by atoms with E-state index in [4.69, 9.17) is 9.47 Å². The molecule has 2 aromatic rings. The van der Waals surface area contributed by atoms with Gasteiger partial charge in [-0.2, -0.15) is 4.39 Å². The Kier molecular flexibility index (Phi) is 4.44. The van der Waals surface area contributed by atoms with E-state index in [0.717, 1.165) is 12.3 Å². The molecule has 0 amide bonds. The van der Waals surface area contributed by atoms with E-state index < -0.39 is 11.9 Å². The van der Waals surface area contributed by atoms with Crippen LogP contribution >= 0.6 is 0 Å². The van der Waals surface area contributed by atoms with Crippen LogP contribution in [0.25, 0.3) is 0 Å². The Morgan fingerprint density at radius 1 is 1.11 bits per heavy atom. The van der Waals surface area contributed by atoms with Crippen molar-refractivity contribution in [2.75, 3.05) is 13.2 Å². The number of rotatable bonds is 5. The maximum atomic E-state index is 12.6. The standard InChI is InChI=1S/C14H12FNO3/c15-13-7-6-11(10-16-13)14(17)19-9-8-18-12-4-2-1-3-5-12/h1-7,10H,8-9H2. The second-order valence-corrected chi connectivity index (χ2v) is 3.67. The smallest absolute Gasteiger partial charge is 0.339 e. The van der Waals surface area contributed by atoms with E-state index in [2.05, 4.69) is 4.98 Å². The summed E-state index contributed by atoms with van der Waals surface area (Å²) in [6, 6.07) is 11.6. The lowest BCUT2D eigenvalue weighted by Crippen LogP contribution is -2.12. The van der Waals surface area contributed by atoms with E-state index in [-0.39, 0.29) is 18.8 Å². The number of esters is 1. The van der Waals surface area contributed by atoms with Crippen molar-refractivity contribution in [2.45, 2.75) is 0 Å². The molecule has 2 rings (SSSR count). The summed E-state index contributed by atoms with van der Waals surface area (Å²) in [4.78, 5) is 14.9. The Morgan fingerprint density at radius 2 is 1.89 bits per heavy atom. The summed E-state index contributed by atoms with van der Waals surface area (Å²) in [6.07, 6.45) is 1.13. The molecular weight excluding hydrogens is 249 g/mol. The Labute approximate surface area is 109 Å². The highest BCUT2D eigenvalue weighted by Gasteiger charge is 2.07. The van der Waals surface area contributed by atoms with Gasteiger partial charge in [0, 0.05) is 6.20 Å². The first-order valence-electron chi connectivity index (χ1n) is 5.72. The lowest BCUT2D eigenvalue weighted by molar-refractivity contribution is 0.0450. The third-order valence-corrected chi connectivity index (χ3v) is 2.29. The fourth-order valence-electron chi connectivity index (χ4n) is 1.39. The van der Waals surface area contributed by atoms with Gasteiger partial charge in [0.05, 0.1) is 5.56 Å². The van der Waals surface area contributed by atoms with Crippen LogP contribution < -0.4 is 4.74 Å². The SMILES string of the molecule is O=C(OCCOc1ccccc1)c1ccc(F)nc1. The number of hydrogen-bond donors (Lipinski definition) is 0. The second-order valence-electron chi connectivity index (χ2n) is 3.67. The summed E-state index contributed by atoms with van der Waals surface area (Å²) in [6.45, 7) is 0.371. The second kappa shape index (κ2) is 6.49. The van der Waals surface area contributed by atoms with E-state index in [0.29, 0.717) is 5.75 Å². The molecule has 0 aliphatic carbocycles. The van der Waals surface area contributed by atoms with E-state index in [9.17, 15) is 9.18 Å². The zero-order valence-corrected chi connectivity index (χ0v) is 10.1. The summed E-state index contributed by atoms with van der Waals surface area (Å²) in [5.41, 5.74) is 0.209. The number of carbonyl (C=O) groups is 1. The third-order valence-electron chi connectivity index (χ3n) is 2.29. The normalized spacial score (nSPS) is 9.95. The first-order valence-corrected chi connectivity index (χ1v) is 5.72. The monoisotopic (exact) mass is 261 g/mol. The highest BCUT2D eigenvalue weighted by Crippen LogP contribution is 2.08. The number of ether oxygens (including phenoxy) is 2. The predicted molar refractivity (Wildman–Crippen MR) is 66.4 cm³/mol. The molecule has 0 N–H and O–H groups in total. The van der Waals surface area contributed by atoms with Crippen molar-refractivity contribution < 1.29 is 18.7 Å². The topological polar surface area (TPSA) is 48.4 Å². The Bertz CT molecular complexity index is 528. The molecule has 0 aliphatic rings. The Morgan fingerprint density at radius 3 is 2.58 bits per heavy atom. The van der Waals surface area contributed by atoms with Crippen LogP contribution in [0.4, 0.5) is 4.39 Å². The zero-order valence-electron chi connectivity index (χ0n) is 10.1. The fraction of sp³-hybridized carbons (Fsp3) is 0.143. The molecule has 1 aromatic carbocycles. The molecule has 1 heterocycles. The maximum Gasteiger partial charge on any atom is 0.339 e. The molecule has 19 heavy (non-hydrogen) atoms. The largest absolute Gasteiger partial charge is 0.490 e. The van der Waals surface area contributed by atoms with Crippen molar-refractivity contribution in [3.05, 3.63) is 60.2 Å². The quantitative estimate of drug-likeness (QED) is 0.471. The van der Waals surface area contributed by atoms with Crippen molar-refractivity contribution in [1.82, 2.24) is 4.98 Å². The van der Waals surface area contributed by atoms with Gasteiger partial charge in [0.25, 0.3) is 0 Å². The lowest BCUT2D eigenvalue weighted by Gasteiger charge is -2.07. The molecule has 98 valence electrons. The predicted octanol–water partition coefficient (Wildman–Crippen LogP) is 2.46. The van der Waals surface area contributed by atoms with Crippen molar-refractivity contribution >= 4 is 5.97 Å². The van der Waals surface area contributed by atoms with Crippen molar-refractivity contribution in [3.63, 3.8) is 0 Å². The van der Waals surface area contributed by atoms with Gasteiger partial charge < -0.3 is 9.47 Å². The highest BCUT2D eigenvalue weighted by molar-refractivity contribution is 5.88. The van der Waals surface area contributed by atoms with Gasteiger partial charge in [0.2, 0.25) is 5.95 Å². The fourth-order valence-corrected chi connectivity index (χ4v) is 1.39. The van der Waals surface area contributed by atoms with Crippen molar-refractivity contribution in [2.24, 2.45) is 0 Å². The summed E-state index contributed by atoms with van der Waals surface area (Å²) in [5.74, 6) is -0.477. The Balaban J connectivity index is 1.74. The van der Waals surface area contributed by atoms with Gasteiger partial charge in [-0.25, -0.2) is 9.78 Å². The molecule has 0 unspecified atom stereocenters. The number of halogens is 1. The van der Waals surface area contributed by atoms with Crippen LogP contribution in [0.3, 0.4) is 0 Å². The van der Waals surface area contributed by atoms with Gasteiger partial charge in [-0.1, -0.05) is 18.2 Å². The van der Waals surface area contributed by atoms with Gasteiger partial charge >= 0.3 is 5.97 Å². The van der Waals surface area contributed by atoms with Crippen LogP contribution in [0.15, 0.2) is 48.7 Å². The number of hydrogen-bond acceptors (Lipinski definition) is 4. The average Bonchev–Trinajstić information content (AvgIpc) is 2.45. The van der Waals surface area contributed by atoms with Gasteiger partial charge in [0.1, 0.15) is 19.0 Å². The van der Waals surface area contributed by atoms with Crippen LogP contribution in [-0.4, -0.2) is 24.2 Å². The number of pyridine rings is 1. The maximum absolute atomic E-state index is 12.6. The summed E-state index contributed by atoms with van der Waals surface area (Å²) in [5, 5.41) is 0. The molecule has 0 saturated carbocycles. The molecule has 0 aliphatic heterocycles. The molecule has 0 saturated heterocycles. The van der Waals surface area contributed by atoms with Crippen LogP contribution in [0.2, 0.25) is 0 Å². The highest BCUT2D eigenvalue weighted by atomic mass is 19.1. The number of carbonyl (C=O) groups excluding carboxylic acids is 1. The first-order chi connectivity index (χ1) is 9.25. The van der Waals surface area contributed by atoms with Crippen LogP contribution in [0.1, 0.15) is 10.4 Å². The van der Waals surface area contributed by atoms with Crippen molar-refractivity contribution in [3.8, 4) is 5.75 Å². The summed E-state index contributed by atoms with van der Waals surface area (Å²) < 4.78 is 22.9. The molecule has 0 fully saturated rings. The molecular formula is C14H12FNO3. The molecule has 0 bridgehead atoms. The summed E-state index contributed by atoms with van der Waals surface area (Å²) >= 11 is 0.